The minimum Gasteiger partial charge on any atom is -0.387 e. The van der Waals surface area contributed by atoms with Crippen LogP contribution in [0.1, 0.15) is 24.5 Å². The summed E-state index contributed by atoms with van der Waals surface area (Å²) in [6, 6.07) is 8.23. The van der Waals surface area contributed by atoms with E-state index in [4.69, 9.17) is 4.74 Å². The van der Waals surface area contributed by atoms with Gasteiger partial charge in [-0.3, -0.25) is 0 Å². The van der Waals surface area contributed by atoms with Crippen molar-refractivity contribution in [2.24, 2.45) is 0 Å². The third-order valence-corrected chi connectivity index (χ3v) is 2.69. The van der Waals surface area contributed by atoms with Gasteiger partial charge in [-0.25, -0.2) is 0 Å². The molecule has 1 unspecified atom stereocenters. The molecule has 0 saturated carbocycles. The number of rotatable bonds is 5. The molecule has 0 aromatic heterocycles. The Labute approximate surface area is 91.9 Å². The number of aliphatic hydroxyl groups is 1. The second kappa shape index (κ2) is 5.29. The summed E-state index contributed by atoms with van der Waals surface area (Å²) < 4.78 is 5.05. The number of benzene rings is 1. The lowest BCUT2D eigenvalue weighted by molar-refractivity contribution is -0.0333. The van der Waals surface area contributed by atoms with E-state index in [1.807, 2.05) is 19.1 Å². The molecule has 1 N–H and O–H groups in total. The Bertz CT molecular complexity index is 309. The average Bonchev–Trinajstić information content (AvgIpc) is 2.18. The molecule has 0 aliphatic heterocycles. The van der Waals surface area contributed by atoms with E-state index in [-0.39, 0.29) is 0 Å². The maximum absolute atomic E-state index is 10.2. The van der Waals surface area contributed by atoms with Crippen LogP contribution >= 0.6 is 0 Å². The molecule has 1 atom stereocenters. The van der Waals surface area contributed by atoms with Gasteiger partial charge >= 0.3 is 0 Å². The first kappa shape index (κ1) is 12.2. The molecular formula is C13H20O2. The Morgan fingerprint density at radius 1 is 1.40 bits per heavy atom. The van der Waals surface area contributed by atoms with Crippen molar-refractivity contribution < 1.29 is 9.84 Å². The van der Waals surface area contributed by atoms with E-state index in [0.717, 1.165) is 5.56 Å². The zero-order valence-corrected chi connectivity index (χ0v) is 9.79. The minimum absolute atomic E-state index is 0.386. The third kappa shape index (κ3) is 3.65. The highest BCUT2D eigenvalue weighted by Crippen LogP contribution is 2.18. The molecule has 0 heterocycles. The van der Waals surface area contributed by atoms with Crippen LogP contribution in [0.3, 0.4) is 0 Å². The van der Waals surface area contributed by atoms with Gasteiger partial charge < -0.3 is 9.84 Å². The second-order valence-corrected chi connectivity index (χ2v) is 4.18. The normalized spacial score (nSPS) is 14.9. The molecule has 0 fully saturated rings. The summed E-state index contributed by atoms with van der Waals surface area (Å²) in [5.74, 6) is 0. The SMILES string of the molecule is CCC(O)(COC)Cc1cccc(C)c1. The molecular weight excluding hydrogens is 188 g/mol. The molecule has 0 amide bonds. The number of hydrogen-bond acceptors (Lipinski definition) is 2. The predicted octanol–water partition coefficient (Wildman–Crippen LogP) is 2.33. The first-order chi connectivity index (χ1) is 7.09. The summed E-state index contributed by atoms with van der Waals surface area (Å²) >= 11 is 0. The van der Waals surface area contributed by atoms with Crippen LogP contribution in [-0.4, -0.2) is 24.4 Å². The fraction of sp³-hybridized carbons (Fsp3) is 0.538. The molecule has 1 aromatic carbocycles. The van der Waals surface area contributed by atoms with E-state index in [9.17, 15) is 5.11 Å². The van der Waals surface area contributed by atoms with Crippen molar-refractivity contribution in [2.75, 3.05) is 13.7 Å². The maximum Gasteiger partial charge on any atom is 0.0917 e. The smallest absolute Gasteiger partial charge is 0.0917 e. The zero-order valence-electron chi connectivity index (χ0n) is 9.79. The van der Waals surface area contributed by atoms with Crippen LogP contribution in [0, 0.1) is 6.92 Å². The molecule has 2 nitrogen and oxygen atoms in total. The lowest BCUT2D eigenvalue weighted by Gasteiger charge is -2.26. The molecule has 0 saturated heterocycles. The van der Waals surface area contributed by atoms with Gasteiger partial charge in [0.25, 0.3) is 0 Å². The molecule has 0 bridgehead atoms. The summed E-state index contributed by atoms with van der Waals surface area (Å²) in [4.78, 5) is 0. The van der Waals surface area contributed by atoms with Crippen molar-refractivity contribution in [1.82, 2.24) is 0 Å². The number of hydrogen-bond donors (Lipinski definition) is 1. The van der Waals surface area contributed by atoms with E-state index < -0.39 is 5.60 Å². The van der Waals surface area contributed by atoms with Crippen LogP contribution in [0.25, 0.3) is 0 Å². The Hall–Kier alpha value is -0.860. The summed E-state index contributed by atoms with van der Waals surface area (Å²) in [7, 11) is 1.62. The summed E-state index contributed by atoms with van der Waals surface area (Å²) in [6.07, 6.45) is 1.35. The van der Waals surface area contributed by atoms with Gasteiger partial charge in [-0.05, 0) is 18.9 Å². The monoisotopic (exact) mass is 208 g/mol. The lowest BCUT2D eigenvalue weighted by atomic mass is 9.92. The molecule has 2 heteroatoms. The van der Waals surface area contributed by atoms with Crippen molar-refractivity contribution in [3.8, 4) is 0 Å². The number of ether oxygens (including phenoxy) is 1. The van der Waals surface area contributed by atoms with Gasteiger partial charge in [0.15, 0.2) is 0 Å². The molecule has 84 valence electrons. The van der Waals surface area contributed by atoms with Gasteiger partial charge in [0.2, 0.25) is 0 Å². The van der Waals surface area contributed by atoms with Gasteiger partial charge in [-0.1, -0.05) is 36.8 Å². The van der Waals surface area contributed by atoms with Gasteiger partial charge in [-0.2, -0.15) is 0 Å². The van der Waals surface area contributed by atoms with Crippen molar-refractivity contribution in [3.63, 3.8) is 0 Å². The van der Waals surface area contributed by atoms with Crippen LogP contribution in [0.15, 0.2) is 24.3 Å². The quantitative estimate of drug-likeness (QED) is 0.804. The number of aryl methyl sites for hydroxylation is 1. The Morgan fingerprint density at radius 3 is 2.67 bits per heavy atom. The van der Waals surface area contributed by atoms with Crippen LogP contribution in [0.5, 0.6) is 0 Å². The highest BCUT2D eigenvalue weighted by atomic mass is 16.5. The van der Waals surface area contributed by atoms with E-state index in [1.165, 1.54) is 5.56 Å². The van der Waals surface area contributed by atoms with Crippen molar-refractivity contribution in [1.29, 1.82) is 0 Å². The molecule has 0 spiro atoms. The molecule has 0 radical (unpaired) electrons. The molecule has 1 rings (SSSR count). The molecule has 0 aliphatic rings. The fourth-order valence-electron chi connectivity index (χ4n) is 1.75. The van der Waals surface area contributed by atoms with Gasteiger partial charge in [0.1, 0.15) is 0 Å². The fourth-order valence-corrected chi connectivity index (χ4v) is 1.75. The van der Waals surface area contributed by atoms with E-state index in [2.05, 4.69) is 19.1 Å². The second-order valence-electron chi connectivity index (χ2n) is 4.18. The minimum atomic E-state index is -0.734. The first-order valence-corrected chi connectivity index (χ1v) is 5.36. The highest BCUT2D eigenvalue weighted by molar-refractivity contribution is 5.23. The van der Waals surface area contributed by atoms with Crippen molar-refractivity contribution in [3.05, 3.63) is 35.4 Å². The standard InChI is InChI=1S/C13H20O2/c1-4-13(14,10-15-3)9-12-7-5-6-11(2)8-12/h5-8,14H,4,9-10H2,1-3H3. The van der Waals surface area contributed by atoms with Crippen LogP contribution in [0.4, 0.5) is 0 Å². The zero-order chi connectivity index (χ0) is 11.3. The largest absolute Gasteiger partial charge is 0.387 e. The van der Waals surface area contributed by atoms with Gasteiger partial charge in [0.05, 0.1) is 12.2 Å². The molecule has 15 heavy (non-hydrogen) atoms. The Balaban J connectivity index is 2.74. The van der Waals surface area contributed by atoms with Crippen LogP contribution in [0.2, 0.25) is 0 Å². The predicted molar refractivity (Wildman–Crippen MR) is 62.0 cm³/mol. The summed E-state index contributed by atoms with van der Waals surface area (Å²) in [6.45, 7) is 4.43. The van der Waals surface area contributed by atoms with E-state index in [1.54, 1.807) is 7.11 Å². The first-order valence-electron chi connectivity index (χ1n) is 5.36. The van der Waals surface area contributed by atoms with Gasteiger partial charge in [-0.15, -0.1) is 0 Å². The van der Waals surface area contributed by atoms with Crippen LogP contribution < -0.4 is 0 Å². The van der Waals surface area contributed by atoms with E-state index >= 15 is 0 Å². The molecule has 0 aliphatic carbocycles. The Kier molecular flexibility index (Phi) is 4.30. The van der Waals surface area contributed by atoms with E-state index in [0.29, 0.717) is 19.4 Å². The maximum atomic E-state index is 10.2. The van der Waals surface area contributed by atoms with Crippen molar-refractivity contribution in [2.45, 2.75) is 32.3 Å². The molecule has 1 aromatic rings. The topological polar surface area (TPSA) is 29.5 Å². The number of methoxy groups -OCH3 is 1. The lowest BCUT2D eigenvalue weighted by Crippen LogP contribution is -2.35. The highest BCUT2D eigenvalue weighted by Gasteiger charge is 2.24. The van der Waals surface area contributed by atoms with Crippen molar-refractivity contribution >= 4 is 0 Å². The summed E-state index contributed by atoms with van der Waals surface area (Å²) in [5, 5.41) is 10.2. The van der Waals surface area contributed by atoms with Crippen LogP contribution in [-0.2, 0) is 11.2 Å². The average molecular weight is 208 g/mol. The third-order valence-electron chi connectivity index (χ3n) is 2.69. The van der Waals surface area contributed by atoms with Gasteiger partial charge in [0, 0.05) is 13.5 Å². The summed E-state index contributed by atoms with van der Waals surface area (Å²) in [5.41, 5.74) is 1.66. The Morgan fingerprint density at radius 2 is 2.13 bits per heavy atom.